The van der Waals surface area contributed by atoms with E-state index in [1.807, 2.05) is 4.90 Å². The van der Waals surface area contributed by atoms with E-state index < -0.39 is 5.97 Å². The Hall–Kier alpha value is -2.00. The van der Waals surface area contributed by atoms with E-state index in [1.165, 1.54) is 0 Å². The van der Waals surface area contributed by atoms with E-state index in [9.17, 15) is 14.4 Å². The van der Waals surface area contributed by atoms with Gasteiger partial charge in [0.15, 0.2) is 5.13 Å². The predicted molar refractivity (Wildman–Crippen MR) is 88.2 cm³/mol. The zero-order chi connectivity index (χ0) is 17.3. The fourth-order valence-electron chi connectivity index (χ4n) is 3.28. The van der Waals surface area contributed by atoms with E-state index in [0.717, 1.165) is 30.6 Å². The number of likely N-dealkylation sites (tertiary alicyclic amines) is 1. The molecule has 0 radical (unpaired) electrons. The number of carbonyl (C=O) groups excluding carboxylic acids is 2. The molecule has 2 atom stereocenters. The van der Waals surface area contributed by atoms with E-state index in [2.05, 4.69) is 15.6 Å². The first-order valence-corrected chi connectivity index (χ1v) is 8.77. The van der Waals surface area contributed by atoms with Gasteiger partial charge in [-0.15, -0.1) is 0 Å². The van der Waals surface area contributed by atoms with Crippen molar-refractivity contribution in [2.24, 2.45) is 5.92 Å². The molecule has 2 aliphatic rings. The summed E-state index contributed by atoms with van der Waals surface area (Å²) in [6, 6.07) is 0.0959. The number of aromatic nitrogens is 1. The third kappa shape index (κ3) is 3.73. The van der Waals surface area contributed by atoms with Gasteiger partial charge in [-0.1, -0.05) is 17.8 Å². The molecule has 8 nitrogen and oxygen atoms in total. The third-order valence-electron chi connectivity index (χ3n) is 4.38. The first-order valence-electron chi connectivity index (χ1n) is 7.95. The number of amides is 2. The Balaban J connectivity index is 1.61. The number of hydrogen-bond acceptors (Lipinski definition) is 6. The fourth-order valence-corrected chi connectivity index (χ4v) is 4.10. The van der Waals surface area contributed by atoms with Crippen molar-refractivity contribution < 1.29 is 19.5 Å². The summed E-state index contributed by atoms with van der Waals surface area (Å²) in [7, 11) is 0. The zero-order valence-electron chi connectivity index (χ0n) is 13.4. The summed E-state index contributed by atoms with van der Waals surface area (Å²) >= 11 is 0.952. The number of rotatable bonds is 4. The van der Waals surface area contributed by atoms with Gasteiger partial charge in [-0.05, 0) is 19.8 Å². The number of nitrogens with one attached hydrogen (secondary N) is 2. The Bertz CT molecular complexity index is 674. The van der Waals surface area contributed by atoms with Crippen LogP contribution < -0.4 is 10.6 Å². The zero-order valence-corrected chi connectivity index (χ0v) is 14.2. The number of nitrogens with zero attached hydrogens (tertiary/aromatic N) is 2. The quantitative estimate of drug-likeness (QED) is 0.735. The number of carboxylic acid groups (broad SMARTS) is 1. The van der Waals surface area contributed by atoms with E-state index in [4.69, 9.17) is 5.11 Å². The number of hydrogen-bond donors (Lipinski definition) is 3. The SMILES string of the molecule is Cc1nc(NC(=O)CN2C[C@H]3CCC[C@@H](C2)C(=O)N3)sc1C(=O)O. The highest BCUT2D eigenvalue weighted by Crippen LogP contribution is 2.23. The molecule has 24 heavy (non-hydrogen) atoms. The van der Waals surface area contributed by atoms with Crippen molar-refractivity contribution in [2.75, 3.05) is 25.0 Å². The normalized spacial score (nSPS) is 24.1. The minimum Gasteiger partial charge on any atom is -0.477 e. The monoisotopic (exact) mass is 352 g/mol. The molecule has 0 spiro atoms. The highest BCUT2D eigenvalue weighted by molar-refractivity contribution is 7.17. The van der Waals surface area contributed by atoms with Crippen LogP contribution >= 0.6 is 11.3 Å². The Morgan fingerprint density at radius 2 is 2.21 bits per heavy atom. The van der Waals surface area contributed by atoms with Crippen LogP contribution in [0.5, 0.6) is 0 Å². The Labute approximate surface area is 143 Å². The summed E-state index contributed by atoms with van der Waals surface area (Å²) in [5, 5.41) is 15.0. The lowest BCUT2D eigenvalue weighted by Crippen LogP contribution is -2.42. The number of carbonyl (C=O) groups is 3. The second-order valence-corrected chi connectivity index (χ2v) is 7.31. The van der Waals surface area contributed by atoms with Crippen LogP contribution in [0.15, 0.2) is 0 Å². The summed E-state index contributed by atoms with van der Waals surface area (Å²) in [6.07, 6.45) is 2.83. The van der Waals surface area contributed by atoms with Crippen LogP contribution in [0.2, 0.25) is 0 Å². The maximum Gasteiger partial charge on any atom is 0.347 e. The van der Waals surface area contributed by atoms with Gasteiger partial charge in [0.2, 0.25) is 11.8 Å². The molecule has 2 saturated heterocycles. The maximum absolute atomic E-state index is 12.2. The van der Waals surface area contributed by atoms with Crippen LogP contribution in [0.25, 0.3) is 0 Å². The lowest BCUT2D eigenvalue weighted by molar-refractivity contribution is -0.125. The van der Waals surface area contributed by atoms with Crippen molar-refractivity contribution >= 4 is 34.3 Å². The summed E-state index contributed by atoms with van der Waals surface area (Å²) in [6.45, 7) is 3.01. The second-order valence-electron chi connectivity index (χ2n) is 6.31. The van der Waals surface area contributed by atoms with Gasteiger partial charge in [-0.25, -0.2) is 9.78 Å². The predicted octanol–water partition coefficient (Wildman–Crippen LogP) is 0.689. The van der Waals surface area contributed by atoms with Crippen LogP contribution in [0, 0.1) is 12.8 Å². The molecule has 2 fully saturated rings. The van der Waals surface area contributed by atoms with Crippen molar-refractivity contribution in [3.63, 3.8) is 0 Å². The van der Waals surface area contributed by atoms with Gasteiger partial charge in [-0.2, -0.15) is 0 Å². The van der Waals surface area contributed by atoms with Gasteiger partial charge in [0.1, 0.15) is 4.88 Å². The van der Waals surface area contributed by atoms with Crippen molar-refractivity contribution in [2.45, 2.75) is 32.2 Å². The molecule has 0 unspecified atom stereocenters. The number of thiazole rings is 1. The average Bonchev–Trinajstić information content (AvgIpc) is 2.65. The van der Waals surface area contributed by atoms with Crippen LogP contribution in [0.3, 0.4) is 0 Å². The molecule has 9 heteroatoms. The average molecular weight is 352 g/mol. The van der Waals surface area contributed by atoms with Crippen molar-refractivity contribution in [1.82, 2.24) is 15.2 Å². The molecule has 0 saturated carbocycles. The van der Waals surface area contributed by atoms with E-state index in [0.29, 0.717) is 23.9 Å². The molecule has 2 aliphatic heterocycles. The molecular weight excluding hydrogens is 332 g/mol. The number of fused-ring (bicyclic) bond motifs is 3. The molecule has 2 bridgehead atoms. The summed E-state index contributed by atoms with van der Waals surface area (Å²) < 4.78 is 0. The molecule has 1 aromatic rings. The summed E-state index contributed by atoms with van der Waals surface area (Å²) in [4.78, 5) is 41.5. The minimum absolute atomic E-state index is 0.0639. The number of aromatic carboxylic acids is 1. The first kappa shape index (κ1) is 16.8. The maximum atomic E-state index is 12.2. The topological polar surface area (TPSA) is 112 Å². The van der Waals surface area contributed by atoms with Gasteiger partial charge in [0.05, 0.1) is 18.2 Å². The highest BCUT2D eigenvalue weighted by atomic mass is 32.1. The molecule has 0 aliphatic carbocycles. The second kappa shape index (κ2) is 6.86. The van der Waals surface area contributed by atoms with Crippen molar-refractivity contribution in [1.29, 1.82) is 0 Å². The molecule has 3 heterocycles. The largest absolute Gasteiger partial charge is 0.477 e. The number of aryl methyl sites for hydroxylation is 1. The first-order chi connectivity index (χ1) is 11.4. The molecule has 3 rings (SSSR count). The van der Waals surface area contributed by atoms with Crippen LogP contribution in [0.4, 0.5) is 5.13 Å². The number of carboxylic acids is 1. The Kier molecular flexibility index (Phi) is 4.81. The van der Waals surface area contributed by atoms with Crippen molar-refractivity contribution in [3.8, 4) is 0 Å². The Morgan fingerprint density at radius 1 is 1.42 bits per heavy atom. The van der Waals surface area contributed by atoms with Crippen LogP contribution in [0.1, 0.15) is 34.6 Å². The van der Waals surface area contributed by atoms with Gasteiger partial charge >= 0.3 is 5.97 Å². The Morgan fingerprint density at radius 3 is 2.92 bits per heavy atom. The molecule has 0 aromatic carbocycles. The summed E-state index contributed by atoms with van der Waals surface area (Å²) in [5.74, 6) is -1.27. The van der Waals surface area contributed by atoms with Gasteiger partial charge in [0.25, 0.3) is 0 Å². The van der Waals surface area contributed by atoms with E-state index in [-0.39, 0.29) is 35.2 Å². The highest BCUT2D eigenvalue weighted by Gasteiger charge is 2.33. The smallest absolute Gasteiger partial charge is 0.347 e. The van der Waals surface area contributed by atoms with Crippen LogP contribution in [-0.2, 0) is 9.59 Å². The molecule has 130 valence electrons. The molecule has 2 amide bonds. The van der Waals surface area contributed by atoms with E-state index in [1.54, 1.807) is 6.92 Å². The standard InChI is InChI=1S/C15H20N4O4S/c1-8-12(14(22)23)24-15(16-8)18-11(20)7-19-5-9-3-2-4-10(6-19)17-13(9)21/h9-10H,2-7H2,1H3,(H,17,21)(H,22,23)(H,16,18,20)/t9-,10+/m0/s1. The third-order valence-corrected chi connectivity index (χ3v) is 5.44. The van der Waals surface area contributed by atoms with Gasteiger partial charge in [0, 0.05) is 19.1 Å². The summed E-state index contributed by atoms with van der Waals surface area (Å²) in [5.41, 5.74) is 0.391. The molecule has 3 N–H and O–H groups in total. The molecular formula is C15H20N4O4S. The minimum atomic E-state index is -1.05. The number of anilines is 1. The lowest BCUT2D eigenvalue weighted by atomic mass is 9.99. The lowest BCUT2D eigenvalue weighted by Gasteiger charge is -2.26. The van der Waals surface area contributed by atoms with Crippen molar-refractivity contribution in [3.05, 3.63) is 10.6 Å². The van der Waals surface area contributed by atoms with E-state index >= 15 is 0 Å². The van der Waals surface area contributed by atoms with Gasteiger partial charge in [-0.3, -0.25) is 14.5 Å². The van der Waals surface area contributed by atoms with Gasteiger partial charge < -0.3 is 15.7 Å². The molecule has 1 aromatic heterocycles. The van der Waals surface area contributed by atoms with Crippen LogP contribution in [-0.4, -0.2) is 58.5 Å². The fraction of sp³-hybridized carbons (Fsp3) is 0.600.